The molecule has 0 heterocycles. The van der Waals surface area contributed by atoms with Gasteiger partial charge in [-0.05, 0) is 38.5 Å². The second-order valence-electron chi connectivity index (χ2n) is 5.17. The molecule has 0 aromatic carbocycles. The lowest BCUT2D eigenvalue weighted by Crippen LogP contribution is -2.38. The van der Waals surface area contributed by atoms with Gasteiger partial charge in [0, 0.05) is 12.3 Å². The van der Waals surface area contributed by atoms with E-state index in [2.05, 4.69) is 0 Å². The van der Waals surface area contributed by atoms with Crippen LogP contribution in [0.3, 0.4) is 0 Å². The number of rotatable bonds is 1. The zero-order chi connectivity index (χ0) is 10.2. The molecule has 2 nitrogen and oxygen atoms in total. The summed E-state index contributed by atoms with van der Waals surface area (Å²) >= 11 is 0. The molecule has 3 unspecified atom stereocenters. The maximum Gasteiger partial charge on any atom is 0.136 e. The van der Waals surface area contributed by atoms with Gasteiger partial charge < -0.3 is 5.11 Å². The van der Waals surface area contributed by atoms with Crippen molar-refractivity contribution in [2.75, 3.05) is 0 Å². The van der Waals surface area contributed by atoms with Crippen LogP contribution in [-0.2, 0) is 4.79 Å². The second-order valence-corrected chi connectivity index (χ2v) is 5.17. The molecule has 3 atom stereocenters. The summed E-state index contributed by atoms with van der Waals surface area (Å²) in [7, 11) is 0. The molecule has 0 aromatic heterocycles. The van der Waals surface area contributed by atoms with Gasteiger partial charge in [0.15, 0.2) is 0 Å². The Kier molecular flexibility index (Phi) is 2.65. The smallest absolute Gasteiger partial charge is 0.136 e. The van der Waals surface area contributed by atoms with Gasteiger partial charge in [-0.2, -0.15) is 0 Å². The quantitative estimate of drug-likeness (QED) is 0.698. The minimum Gasteiger partial charge on any atom is -0.390 e. The van der Waals surface area contributed by atoms with Crippen LogP contribution in [0.2, 0.25) is 0 Å². The van der Waals surface area contributed by atoms with Crippen molar-refractivity contribution in [2.24, 2.45) is 11.8 Å². The molecule has 0 amide bonds. The highest BCUT2D eigenvalue weighted by Gasteiger charge is 2.44. The molecule has 1 N–H and O–H groups in total. The molecule has 0 aliphatic heterocycles. The van der Waals surface area contributed by atoms with Gasteiger partial charge >= 0.3 is 0 Å². The first-order valence-electron chi connectivity index (χ1n) is 5.86. The molecule has 0 bridgehead atoms. The molecule has 80 valence electrons. The van der Waals surface area contributed by atoms with E-state index in [-0.39, 0.29) is 11.8 Å². The molecule has 0 radical (unpaired) electrons. The largest absolute Gasteiger partial charge is 0.390 e. The van der Waals surface area contributed by atoms with Crippen LogP contribution in [0, 0.1) is 11.8 Å². The molecule has 2 saturated carbocycles. The van der Waals surface area contributed by atoms with Crippen LogP contribution in [0.4, 0.5) is 0 Å². The summed E-state index contributed by atoms with van der Waals surface area (Å²) in [5.41, 5.74) is -0.572. The van der Waals surface area contributed by atoms with Crippen molar-refractivity contribution >= 4 is 5.78 Å². The van der Waals surface area contributed by atoms with Crippen LogP contribution >= 0.6 is 0 Å². The molecule has 2 fully saturated rings. The summed E-state index contributed by atoms with van der Waals surface area (Å²) < 4.78 is 0. The Bertz CT molecular complexity index is 232. The number of hydrogen-bond acceptors (Lipinski definition) is 2. The van der Waals surface area contributed by atoms with E-state index in [4.69, 9.17) is 0 Å². The lowest BCUT2D eigenvalue weighted by atomic mass is 9.73. The molecular formula is C12H20O2. The Morgan fingerprint density at radius 1 is 1.29 bits per heavy atom. The fraction of sp³-hybridized carbons (Fsp3) is 0.917. The Morgan fingerprint density at radius 3 is 2.64 bits per heavy atom. The summed E-state index contributed by atoms with van der Waals surface area (Å²) in [6, 6.07) is 0. The summed E-state index contributed by atoms with van der Waals surface area (Å²) in [6.07, 6.45) is 7.00. The van der Waals surface area contributed by atoms with Gasteiger partial charge in [-0.25, -0.2) is 0 Å². The first-order chi connectivity index (χ1) is 6.61. The van der Waals surface area contributed by atoms with E-state index in [0.717, 1.165) is 38.5 Å². The number of ketones is 1. The van der Waals surface area contributed by atoms with Gasteiger partial charge in [0.1, 0.15) is 5.78 Å². The predicted octanol–water partition coefficient (Wildman–Crippen LogP) is 2.30. The van der Waals surface area contributed by atoms with E-state index < -0.39 is 5.60 Å². The fourth-order valence-corrected chi connectivity index (χ4v) is 3.25. The number of carbonyl (C=O) groups excluding carboxylic acids is 1. The highest BCUT2D eigenvalue weighted by atomic mass is 16.3. The van der Waals surface area contributed by atoms with Gasteiger partial charge in [-0.1, -0.05) is 12.8 Å². The molecule has 2 heteroatoms. The number of Topliss-reactive ketones (excluding diaryl/α,β-unsaturated/α-hetero) is 1. The zero-order valence-electron chi connectivity index (χ0n) is 8.96. The fourth-order valence-electron chi connectivity index (χ4n) is 3.25. The second kappa shape index (κ2) is 3.65. The summed E-state index contributed by atoms with van der Waals surface area (Å²) in [6.45, 7) is 1.91. The molecule has 2 rings (SSSR count). The van der Waals surface area contributed by atoms with Crippen LogP contribution in [0.15, 0.2) is 0 Å². The molecule has 0 aromatic rings. The topological polar surface area (TPSA) is 37.3 Å². The van der Waals surface area contributed by atoms with Gasteiger partial charge in [-0.15, -0.1) is 0 Å². The van der Waals surface area contributed by atoms with E-state index in [1.807, 2.05) is 6.92 Å². The van der Waals surface area contributed by atoms with Crippen molar-refractivity contribution in [1.29, 1.82) is 0 Å². The molecule has 2 aliphatic rings. The SMILES string of the molecule is CC1(O)CCCC1C1CCCCC1=O. The van der Waals surface area contributed by atoms with Crippen molar-refractivity contribution < 1.29 is 9.90 Å². The molecule has 2 aliphatic carbocycles. The van der Waals surface area contributed by atoms with Crippen molar-refractivity contribution in [1.82, 2.24) is 0 Å². The summed E-state index contributed by atoms with van der Waals surface area (Å²) in [5.74, 6) is 0.819. The summed E-state index contributed by atoms with van der Waals surface area (Å²) in [5, 5.41) is 10.2. The number of aliphatic hydroxyl groups is 1. The molecule has 0 saturated heterocycles. The van der Waals surface area contributed by atoms with Gasteiger partial charge in [0.2, 0.25) is 0 Å². The first kappa shape index (κ1) is 10.2. The Balaban J connectivity index is 2.09. The van der Waals surface area contributed by atoms with E-state index in [0.29, 0.717) is 5.78 Å². The number of hydrogen-bond donors (Lipinski definition) is 1. The van der Waals surface area contributed by atoms with Crippen molar-refractivity contribution in [3.63, 3.8) is 0 Å². The minimum absolute atomic E-state index is 0.168. The average Bonchev–Trinajstić information content (AvgIpc) is 2.46. The number of carbonyl (C=O) groups is 1. The van der Waals surface area contributed by atoms with E-state index >= 15 is 0 Å². The van der Waals surface area contributed by atoms with E-state index in [1.165, 1.54) is 6.42 Å². The molecular weight excluding hydrogens is 176 g/mol. The highest BCUT2D eigenvalue weighted by molar-refractivity contribution is 5.82. The van der Waals surface area contributed by atoms with Crippen LogP contribution in [-0.4, -0.2) is 16.5 Å². The van der Waals surface area contributed by atoms with E-state index in [9.17, 15) is 9.90 Å². The van der Waals surface area contributed by atoms with E-state index in [1.54, 1.807) is 0 Å². The van der Waals surface area contributed by atoms with Crippen LogP contribution in [0.1, 0.15) is 51.9 Å². The zero-order valence-corrected chi connectivity index (χ0v) is 8.96. The van der Waals surface area contributed by atoms with Crippen LogP contribution < -0.4 is 0 Å². The maximum absolute atomic E-state index is 11.8. The van der Waals surface area contributed by atoms with Gasteiger partial charge in [0.05, 0.1) is 5.60 Å². The third kappa shape index (κ3) is 1.72. The predicted molar refractivity (Wildman–Crippen MR) is 54.9 cm³/mol. The highest BCUT2D eigenvalue weighted by Crippen LogP contribution is 2.43. The minimum atomic E-state index is -0.572. The van der Waals surface area contributed by atoms with Gasteiger partial charge in [0.25, 0.3) is 0 Å². The van der Waals surface area contributed by atoms with Crippen molar-refractivity contribution in [3.05, 3.63) is 0 Å². The maximum atomic E-state index is 11.8. The summed E-state index contributed by atoms with van der Waals surface area (Å²) in [4.78, 5) is 11.8. The van der Waals surface area contributed by atoms with Crippen molar-refractivity contribution in [2.45, 2.75) is 57.5 Å². The lowest BCUT2D eigenvalue weighted by molar-refractivity contribution is -0.130. The van der Waals surface area contributed by atoms with Crippen LogP contribution in [0.5, 0.6) is 0 Å². The Morgan fingerprint density at radius 2 is 2.07 bits per heavy atom. The third-order valence-electron chi connectivity index (χ3n) is 4.08. The van der Waals surface area contributed by atoms with Crippen LogP contribution in [0.25, 0.3) is 0 Å². The lowest BCUT2D eigenvalue weighted by Gasteiger charge is -2.34. The van der Waals surface area contributed by atoms with Crippen molar-refractivity contribution in [3.8, 4) is 0 Å². The Hall–Kier alpha value is -0.370. The third-order valence-corrected chi connectivity index (χ3v) is 4.08. The first-order valence-corrected chi connectivity index (χ1v) is 5.86. The molecule has 14 heavy (non-hydrogen) atoms. The normalized spacial score (nSPS) is 44.3. The average molecular weight is 196 g/mol. The standard InChI is InChI=1S/C12H20O2/c1-12(14)8-4-6-10(12)9-5-2-3-7-11(9)13/h9-10,14H,2-8H2,1H3. The Labute approximate surface area is 85.7 Å². The monoisotopic (exact) mass is 196 g/mol. The van der Waals surface area contributed by atoms with Gasteiger partial charge in [-0.3, -0.25) is 4.79 Å². The molecule has 0 spiro atoms.